The van der Waals surface area contributed by atoms with E-state index in [4.69, 9.17) is 4.74 Å². The van der Waals surface area contributed by atoms with Gasteiger partial charge in [0.1, 0.15) is 0 Å². The minimum Gasteiger partial charge on any atom is -0.504 e. The van der Waals surface area contributed by atoms with Gasteiger partial charge in [-0.1, -0.05) is 0 Å². The summed E-state index contributed by atoms with van der Waals surface area (Å²) in [5.41, 5.74) is 0.343. The molecule has 132 valence electrons. The summed E-state index contributed by atoms with van der Waals surface area (Å²) in [5.74, 6) is -0.970. The van der Waals surface area contributed by atoms with Crippen LogP contribution in [0.2, 0.25) is 0 Å². The topological polar surface area (TPSA) is 110 Å². The molecule has 1 aromatic carbocycles. The fraction of sp³-hybridized carbons (Fsp3) is 0.143. The number of methoxy groups -OCH3 is 2. The number of carbonyl (C=O) groups is 2. The number of benzene rings is 1. The summed E-state index contributed by atoms with van der Waals surface area (Å²) in [6, 6.07) is 1.60. The number of esters is 1. The van der Waals surface area contributed by atoms with Crippen molar-refractivity contribution in [1.29, 1.82) is 0 Å². The molecule has 0 spiro atoms. The number of ether oxygens (including phenoxy) is 2. The maximum atomic E-state index is 11.7. The molecule has 1 aliphatic rings. The SMILES string of the molecule is COC(=O)/C=C1/S/C(=N\N=Cc2c(O)c(OC)cc(Br)c2Br)NC1=O. The van der Waals surface area contributed by atoms with Crippen molar-refractivity contribution in [2.45, 2.75) is 0 Å². The quantitative estimate of drug-likeness (QED) is 0.289. The lowest BCUT2D eigenvalue weighted by atomic mass is 10.2. The van der Waals surface area contributed by atoms with E-state index in [1.54, 1.807) is 6.07 Å². The molecule has 2 rings (SSSR count). The minimum atomic E-state index is -0.641. The number of phenolic OH excluding ortho intramolecular Hbond substituents is 1. The highest BCUT2D eigenvalue weighted by Gasteiger charge is 2.25. The highest BCUT2D eigenvalue weighted by atomic mass is 79.9. The molecule has 1 saturated heterocycles. The molecular formula is C14H11Br2N3O5S. The molecule has 0 unspecified atom stereocenters. The molecule has 2 N–H and O–H groups in total. The normalized spacial score (nSPS) is 17.4. The zero-order valence-corrected chi connectivity index (χ0v) is 16.9. The molecule has 25 heavy (non-hydrogen) atoms. The Balaban J connectivity index is 2.23. The molecule has 11 heteroatoms. The van der Waals surface area contributed by atoms with Crippen LogP contribution in [0.5, 0.6) is 11.5 Å². The molecule has 1 fully saturated rings. The molecule has 0 radical (unpaired) electrons. The van der Waals surface area contributed by atoms with E-state index in [1.807, 2.05) is 0 Å². The summed E-state index contributed by atoms with van der Waals surface area (Å²) in [5, 5.41) is 20.5. The molecular weight excluding hydrogens is 482 g/mol. The van der Waals surface area contributed by atoms with Crippen LogP contribution in [-0.4, -0.2) is 42.6 Å². The molecule has 0 aliphatic carbocycles. The van der Waals surface area contributed by atoms with Crippen LogP contribution in [0, 0.1) is 0 Å². The van der Waals surface area contributed by atoms with Gasteiger partial charge in [-0.3, -0.25) is 10.1 Å². The van der Waals surface area contributed by atoms with Crippen LogP contribution >= 0.6 is 43.6 Å². The first-order valence-electron chi connectivity index (χ1n) is 6.52. The fourth-order valence-corrected chi connectivity index (χ4v) is 3.23. The van der Waals surface area contributed by atoms with E-state index in [0.29, 0.717) is 14.5 Å². The monoisotopic (exact) mass is 491 g/mol. The summed E-state index contributed by atoms with van der Waals surface area (Å²) >= 11 is 7.60. The van der Waals surface area contributed by atoms with E-state index in [-0.39, 0.29) is 21.6 Å². The first-order valence-corrected chi connectivity index (χ1v) is 8.92. The van der Waals surface area contributed by atoms with Gasteiger partial charge in [-0.2, -0.15) is 5.10 Å². The van der Waals surface area contributed by atoms with Crippen molar-refractivity contribution in [3.63, 3.8) is 0 Å². The Bertz CT molecular complexity index is 823. The van der Waals surface area contributed by atoms with Crippen LogP contribution in [0.3, 0.4) is 0 Å². The van der Waals surface area contributed by atoms with Crippen LogP contribution in [0.25, 0.3) is 0 Å². The van der Waals surface area contributed by atoms with Gasteiger partial charge >= 0.3 is 5.97 Å². The Morgan fingerprint density at radius 3 is 2.76 bits per heavy atom. The summed E-state index contributed by atoms with van der Waals surface area (Å²) < 4.78 is 10.7. The minimum absolute atomic E-state index is 0.115. The second kappa shape index (κ2) is 8.50. The van der Waals surface area contributed by atoms with E-state index < -0.39 is 11.9 Å². The number of nitrogens with one attached hydrogen (secondary N) is 1. The van der Waals surface area contributed by atoms with Crippen LogP contribution in [-0.2, 0) is 14.3 Å². The number of amides is 1. The van der Waals surface area contributed by atoms with E-state index in [0.717, 1.165) is 17.8 Å². The van der Waals surface area contributed by atoms with Gasteiger partial charge in [-0.05, 0) is 49.7 Å². The Labute approximate surface area is 163 Å². The maximum absolute atomic E-state index is 11.7. The van der Waals surface area contributed by atoms with Crippen LogP contribution in [0.4, 0.5) is 0 Å². The molecule has 0 aromatic heterocycles. The standard InChI is InChI=1S/C14H11Br2N3O5S/c1-23-8-3-7(15)11(16)6(12(8)21)5-17-19-14-18-13(22)9(25-14)4-10(20)24-2/h3-5,21H,1-2H3,(H,18,19,22)/b9-4+,17-5?. The first kappa shape index (κ1) is 19.5. The number of carbonyl (C=O) groups excluding carboxylic acids is 2. The predicted molar refractivity (Wildman–Crippen MR) is 101 cm³/mol. The zero-order chi connectivity index (χ0) is 18.6. The second-order valence-corrected chi connectivity index (χ2v) is 7.05. The van der Waals surface area contributed by atoms with Crippen LogP contribution in [0.15, 0.2) is 36.2 Å². The smallest absolute Gasteiger partial charge is 0.331 e. The molecule has 1 aromatic rings. The van der Waals surface area contributed by atoms with E-state index in [2.05, 4.69) is 52.1 Å². The molecule has 1 heterocycles. The Hall–Kier alpha value is -1.85. The summed E-state index contributed by atoms with van der Waals surface area (Å²) in [7, 11) is 2.64. The molecule has 1 amide bonds. The van der Waals surface area contributed by atoms with Gasteiger partial charge in [0.15, 0.2) is 16.7 Å². The number of aromatic hydroxyl groups is 1. The van der Waals surface area contributed by atoms with Crippen molar-refractivity contribution in [1.82, 2.24) is 5.32 Å². The number of amidine groups is 1. The van der Waals surface area contributed by atoms with Gasteiger partial charge in [0.2, 0.25) is 0 Å². The highest BCUT2D eigenvalue weighted by molar-refractivity contribution is 9.13. The van der Waals surface area contributed by atoms with Crippen molar-refractivity contribution in [3.8, 4) is 11.5 Å². The number of thioether (sulfide) groups is 1. The lowest BCUT2D eigenvalue weighted by Gasteiger charge is -2.09. The van der Waals surface area contributed by atoms with E-state index in [1.165, 1.54) is 20.4 Å². The van der Waals surface area contributed by atoms with Crippen molar-refractivity contribution < 1.29 is 24.2 Å². The third kappa shape index (κ3) is 4.61. The average Bonchev–Trinajstić information content (AvgIpc) is 2.93. The third-order valence-corrected chi connectivity index (χ3v) is 5.76. The lowest BCUT2D eigenvalue weighted by Crippen LogP contribution is -2.19. The van der Waals surface area contributed by atoms with Crippen LogP contribution in [0.1, 0.15) is 5.56 Å². The number of hydrogen-bond donors (Lipinski definition) is 2. The number of hydrogen-bond acceptors (Lipinski definition) is 8. The fourth-order valence-electron chi connectivity index (χ4n) is 1.67. The van der Waals surface area contributed by atoms with Crippen molar-refractivity contribution in [3.05, 3.63) is 31.6 Å². The molecule has 0 bridgehead atoms. The van der Waals surface area contributed by atoms with Gasteiger partial charge in [0, 0.05) is 15.0 Å². The molecule has 1 aliphatic heterocycles. The van der Waals surface area contributed by atoms with Crippen molar-refractivity contribution in [2.75, 3.05) is 14.2 Å². The van der Waals surface area contributed by atoms with Gasteiger partial charge in [0.25, 0.3) is 5.91 Å². The first-order chi connectivity index (χ1) is 11.9. The van der Waals surface area contributed by atoms with E-state index in [9.17, 15) is 14.7 Å². The molecule has 0 atom stereocenters. The Morgan fingerprint density at radius 2 is 2.12 bits per heavy atom. The summed E-state index contributed by atoms with van der Waals surface area (Å²) in [4.78, 5) is 23.0. The maximum Gasteiger partial charge on any atom is 0.331 e. The number of phenols is 1. The largest absolute Gasteiger partial charge is 0.504 e. The van der Waals surface area contributed by atoms with Gasteiger partial charge in [-0.15, -0.1) is 5.10 Å². The van der Waals surface area contributed by atoms with Gasteiger partial charge in [-0.25, -0.2) is 4.79 Å². The number of rotatable bonds is 4. The number of nitrogens with zero attached hydrogens (tertiary/aromatic N) is 2. The average molecular weight is 493 g/mol. The van der Waals surface area contributed by atoms with Crippen LogP contribution < -0.4 is 10.1 Å². The van der Waals surface area contributed by atoms with E-state index >= 15 is 0 Å². The van der Waals surface area contributed by atoms with Crippen molar-refractivity contribution >= 4 is 66.9 Å². The summed E-state index contributed by atoms with van der Waals surface area (Å²) in [6.45, 7) is 0. The van der Waals surface area contributed by atoms with Crippen molar-refractivity contribution in [2.24, 2.45) is 10.2 Å². The lowest BCUT2D eigenvalue weighted by molar-refractivity contribution is -0.135. The zero-order valence-electron chi connectivity index (χ0n) is 12.9. The Morgan fingerprint density at radius 1 is 1.40 bits per heavy atom. The number of halogens is 2. The third-order valence-electron chi connectivity index (χ3n) is 2.85. The summed E-state index contributed by atoms with van der Waals surface area (Å²) in [6.07, 6.45) is 2.36. The van der Waals surface area contributed by atoms with Gasteiger partial charge in [0.05, 0.1) is 30.9 Å². The molecule has 0 saturated carbocycles. The molecule has 8 nitrogen and oxygen atoms in total. The Kier molecular flexibility index (Phi) is 6.62. The second-order valence-electron chi connectivity index (χ2n) is 4.37. The predicted octanol–water partition coefficient (Wildman–Crippen LogP) is 2.54. The highest BCUT2D eigenvalue weighted by Crippen LogP contribution is 2.39. The van der Waals surface area contributed by atoms with Gasteiger partial charge < -0.3 is 14.6 Å².